The van der Waals surface area contributed by atoms with Gasteiger partial charge < -0.3 is 9.47 Å². The summed E-state index contributed by atoms with van der Waals surface area (Å²) in [5, 5.41) is 0.588. The molecule has 0 N–H and O–H groups in total. The summed E-state index contributed by atoms with van der Waals surface area (Å²) in [7, 11) is -3.52. The third-order valence-corrected chi connectivity index (χ3v) is 7.70. The molecule has 9 heteroatoms. The Hall–Kier alpha value is -1.51. The summed E-state index contributed by atoms with van der Waals surface area (Å²) < 4.78 is 38.5. The van der Waals surface area contributed by atoms with E-state index in [1.54, 1.807) is 23.4 Å². The molecule has 2 aliphatic heterocycles. The highest BCUT2D eigenvalue weighted by Crippen LogP contribution is 2.33. The van der Waals surface area contributed by atoms with Crippen molar-refractivity contribution < 1.29 is 17.9 Å². The molecule has 0 bridgehead atoms. The van der Waals surface area contributed by atoms with E-state index in [2.05, 4.69) is 4.90 Å². The predicted octanol–water partition coefficient (Wildman–Crippen LogP) is 3.61. The Morgan fingerprint density at radius 2 is 1.66 bits per heavy atom. The van der Waals surface area contributed by atoms with Crippen LogP contribution >= 0.6 is 24.0 Å². The molecule has 6 nitrogen and oxygen atoms in total. The van der Waals surface area contributed by atoms with E-state index in [9.17, 15) is 8.42 Å². The van der Waals surface area contributed by atoms with Crippen LogP contribution in [-0.4, -0.2) is 50.6 Å². The van der Waals surface area contributed by atoms with E-state index in [0.717, 1.165) is 29.2 Å². The minimum atomic E-state index is -3.52. The Labute approximate surface area is 182 Å². The summed E-state index contributed by atoms with van der Waals surface area (Å²) in [4.78, 5) is 2.60. The van der Waals surface area contributed by atoms with Gasteiger partial charge in [0.05, 0.1) is 4.90 Å². The molecule has 0 spiro atoms. The van der Waals surface area contributed by atoms with Crippen LogP contribution in [0.5, 0.6) is 11.5 Å². The van der Waals surface area contributed by atoms with Gasteiger partial charge in [0.2, 0.25) is 16.8 Å². The van der Waals surface area contributed by atoms with Gasteiger partial charge in [0.25, 0.3) is 0 Å². The lowest BCUT2D eigenvalue weighted by molar-refractivity contribution is 0.173. The van der Waals surface area contributed by atoms with Gasteiger partial charge in [-0.05, 0) is 54.8 Å². The van der Waals surface area contributed by atoms with Gasteiger partial charge in [-0.3, -0.25) is 4.90 Å². The molecule has 1 fully saturated rings. The minimum absolute atomic E-state index is 0. The van der Waals surface area contributed by atoms with Crippen molar-refractivity contribution in [2.45, 2.75) is 25.3 Å². The molecule has 2 aromatic carbocycles. The number of nitrogens with zero attached hydrogens (tertiary/aromatic N) is 2. The van der Waals surface area contributed by atoms with E-state index in [4.69, 9.17) is 21.1 Å². The highest BCUT2D eigenvalue weighted by Gasteiger charge is 2.30. The van der Waals surface area contributed by atoms with Crippen LogP contribution in [-0.2, 0) is 16.6 Å². The SMILES string of the molecule is Cc1cc(S(=O)(=O)N2CCN(Cc3ccc4c(c3)OCO4)CC2)c(C)cc1Cl.Cl. The number of fused-ring (bicyclic) bond motifs is 1. The van der Waals surface area contributed by atoms with Crippen molar-refractivity contribution in [3.05, 3.63) is 52.0 Å². The van der Waals surface area contributed by atoms with Gasteiger partial charge in [0.15, 0.2) is 11.5 Å². The van der Waals surface area contributed by atoms with Gasteiger partial charge in [-0.15, -0.1) is 12.4 Å². The number of hydrogen-bond donors (Lipinski definition) is 0. The molecule has 0 amide bonds. The van der Waals surface area contributed by atoms with Crippen molar-refractivity contribution in [3.8, 4) is 11.5 Å². The zero-order valence-electron chi connectivity index (χ0n) is 16.4. The molecule has 2 aromatic rings. The van der Waals surface area contributed by atoms with Crippen LogP contribution in [0, 0.1) is 13.8 Å². The van der Waals surface area contributed by atoms with Crippen molar-refractivity contribution in [2.75, 3.05) is 33.0 Å². The molecule has 0 aliphatic carbocycles. The molecule has 0 atom stereocenters. The largest absolute Gasteiger partial charge is 0.454 e. The first kappa shape index (κ1) is 22.2. The fourth-order valence-electron chi connectivity index (χ4n) is 3.60. The van der Waals surface area contributed by atoms with Crippen LogP contribution < -0.4 is 9.47 Å². The Kier molecular flexibility index (Phi) is 6.65. The monoisotopic (exact) mass is 458 g/mol. The van der Waals surface area contributed by atoms with Gasteiger partial charge in [-0.1, -0.05) is 17.7 Å². The Morgan fingerprint density at radius 3 is 2.38 bits per heavy atom. The molecule has 0 aromatic heterocycles. The van der Waals surface area contributed by atoms with Crippen molar-refractivity contribution in [1.29, 1.82) is 0 Å². The number of rotatable bonds is 4. The van der Waals surface area contributed by atoms with E-state index in [1.165, 1.54) is 0 Å². The van der Waals surface area contributed by atoms with Crippen LogP contribution in [0.4, 0.5) is 0 Å². The third-order valence-electron chi connectivity index (χ3n) is 5.25. The maximum absolute atomic E-state index is 13.1. The quantitative estimate of drug-likeness (QED) is 0.699. The highest BCUT2D eigenvalue weighted by atomic mass is 35.5. The average Bonchev–Trinajstić information content (AvgIpc) is 3.13. The Bertz CT molecular complexity index is 1010. The van der Waals surface area contributed by atoms with Crippen LogP contribution in [0.15, 0.2) is 35.2 Å². The van der Waals surface area contributed by atoms with Gasteiger partial charge in [0.1, 0.15) is 0 Å². The molecule has 158 valence electrons. The number of sulfonamides is 1. The standard InChI is InChI=1S/C20H23ClN2O4S.ClH/c1-14-10-20(15(2)9-17(14)21)28(24,25)23-7-5-22(6-8-23)12-16-3-4-18-19(11-16)27-13-26-18;/h3-4,9-11H,5-8,12-13H2,1-2H3;1H. The zero-order valence-corrected chi connectivity index (χ0v) is 18.7. The third kappa shape index (κ3) is 4.49. The Morgan fingerprint density at radius 1 is 0.966 bits per heavy atom. The summed E-state index contributed by atoms with van der Waals surface area (Å²) in [5.74, 6) is 1.54. The fraction of sp³-hybridized carbons (Fsp3) is 0.400. The van der Waals surface area contributed by atoms with Gasteiger partial charge >= 0.3 is 0 Å². The topological polar surface area (TPSA) is 59.1 Å². The molecular weight excluding hydrogens is 435 g/mol. The van der Waals surface area contributed by atoms with Crippen molar-refractivity contribution in [2.24, 2.45) is 0 Å². The maximum Gasteiger partial charge on any atom is 0.243 e. The maximum atomic E-state index is 13.1. The fourth-order valence-corrected chi connectivity index (χ4v) is 5.53. The molecule has 2 heterocycles. The second-order valence-corrected chi connectivity index (χ2v) is 9.55. The second kappa shape index (κ2) is 8.70. The summed E-state index contributed by atoms with van der Waals surface area (Å²) in [6.07, 6.45) is 0. The summed E-state index contributed by atoms with van der Waals surface area (Å²) in [5.41, 5.74) is 2.58. The normalized spacial score (nSPS) is 17.2. The molecule has 0 radical (unpaired) electrons. The number of aryl methyl sites for hydroxylation is 2. The van der Waals surface area contributed by atoms with Crippen molar-refractivity contribution in [3.63, 3.8) is 0 Å². The van der Waals surface area contributed by atoms with Gasteiger partial charge in [-0.25, -0.2) is 8.42 Å². The van der Waals surface area contributed by atoms with Crippen molar-refractivity contribution in [1.82, 2.24) is 9.21 Å². The molecule has 2 aliphatic rings. The van der Waals surface area contributed by atoms with E-state index < -0.39 is 10.0 Å². The second-order valence-electron chi connectivity index (χ2n) is 7.23. The number of halogens is 2. The lowest BCUT2D eigenvalue weighted by Crippen LogP contribution is -2.48. The average molecular weight is 459 g/mol. The van der Waals surface area contributed by atoms with Crippen LogP contribution in [0.2, 0.25) is 5.02 Å². The van der Waals surface area contributed by atoms with E-state index in [-0.39, 0.29) is 19.2 Å². The lowest BCUT2D eigenvalue weighted by atomic mass is 10.2. The predicted molar refractivity (Wildman–Crippen MR) is 115 cm³/mol. The highest BCUT2D eigenvalue weighted by molar-refractivity contribution is 7.89. The number of ether oxygens (including phenoxy) is 2. The van der Waals surface area contributed by atoms with Gasteiger partial charge in [-0.2, -0.15) is 4.31 Å². The summed E-state index contributed by atoms with van der Waals surface area (Å²) >= 11 is 6.12. The molecular formula is C20H24Cl2N2O4S. The summed E-state index contributed by atoms with van der Waals surface area (Å²) in [6, 6.07) is 9.33. The number of benzene rings is 2. The molecule has 0 unspecified atom stereocenters. The van der Waals surface area contributed by atoms with Crippen LogP contribution in [0.25, 0.3) is 0 Å². The number of piperazine rings is 1. The minimum Gasteiger partial charge on any atom is -0.454 e. The molecule has 4 rings (SSSR count). The van der Waals surface area contributed by atoms with E-state index in [0.29, 0.717) is 41.7 Å². The lowest BCUT2D eigenvalue weighted by Gasteiger charge is -2.34. The van der Waals surface area contributed by atoms with Crippen LogP contribution in [0.1, 0.15) is 16.7 Å². The first-order chi connectivity index (χ1) is 13.3. The molecule has 1 saturated heterocycles. The first-order valence-corrected chi connectivity index (χ1v) is 11.0. The zero-order chi connectivity index (χ0) is 19.9. The first-order valence-electron chi connectivity index (χ1n) is 9.22. The number of hydrogen-bond acceptors (Lipinski definition) is 5. The van der Waals surface area contributed by atoms with Gasteiger partial charge in [0, 0.05) is 37.7 Å². The Balaban J connectivity index is 0.00000240. The van der Waals surface area contributed by atoms with E-state index >= 15 is 0 Å². The molecule has 29 heavy (non-hydrogen) atoms. The summed E-state index contributed by atoms with van der Waals surface area (Å²) in [6.45, 7) is 6.92. The smallest absolute Gasteiger partial charge is 0.243 e. The van der Waals surface area contributed by atoms with E-state index in [1.807, 2.05) is 25.1 Å². The van der Waals surface area contributed by atoms with Crippen LogP contribution in [0.3, 0.4) is 0 Å². The molecule has 0 saturated carbocycles. The van der Waals surface area contributed by atoms with Crippen molar-refractivity contribution >= 4 is 34.0 Å².